The maximum absolute atomic E-state index is 13.3. The Morgan fingerprint density at radius 1 is 1.38 bits per heavy atom. The smallest absolute Gasteiger partial charge is 0.155 e. The van der Waals surface area contributed by atoms with Gasteiger partial charge in [-0.15, -0.1) is 0 Å². The predicted octanol–water partition coefficient (Wildman–Crippen LogP) is 1.34. The van der Waals surface area contributed by atoms with Crippen LogP contribution in [0.1, 0.15) is 29.0 Å². The van der Waals surface area contributed by atoms with E-state index in [1.165, 1.54) is 0 Å². The maximum Gasteiger partial charge on any atom is 0.155 e. The second-order valence-corrected chi connectivity index (χ2v) is 5.89. The molecule has 1 fully saturated rings. The molecule has 1 N–H and O–H groups in total. The lowest BCUT2D eigenvalue weighted by atomic mass is 9.97. The molecule has 21 heavy (non-hydrogen) atoms. The number of hydrogen-bond acceptors (Lipinski definition) is 4. The van der Waals surface area contributed by atoms with Crippen molar-refractivity contribution in [2.45, 2.75) is 26.3 Å². The SMILES string of the molecule is Cc1cc(CN2C[C@@H](CF)[C@H](c3n[nH]c(C)n3)C2)n(C)n1. The Balaban J connectivity index is 1.73. The van der Waals surface area contributed by atoms with Gasteiger partial charge in [0, 0.05) is 38.5 Å². The predicted molar refractivity (Wildman–Crippen MR) is 76.5 cm³/mol. The summed E-state index contributed by atoms with van der Waals surface area (Å²) in [6.45, 7) is 5.82. The summed E-state index contributed by atoms with van der Waals surface area (Å²) in [5, 5.41) is 11.4. The molecule has 0 aliphatic carbocycles. The van der Waals surface area contributed by atoms with Gasteiger partial charge in [-0.3, -0.25) is 19.1 Å². The van der Waals surface area contributed by atoms with Crippen molar-refractivity contribution in [3.05, 3.63) is 29.1 Å². The van der Waals surface area contributed by atoms with Gasteiger partial charge in [-0.1, -0.05) is 0 Å². The molecule has 0 bridgehead atoms. The van der Waals surface area contributed by atoms with Crippen molar-refractivity contribution < 1.29 is 4.39 Å². The van der Waals surface area contributed by atoms with E-state index in [0.717, 1.165) is 42.7 Å². The van der Waals surface area contributed by atoms with Gasteiger partial charge in [0.05, 0.1) is 18.1 Å². The van der Waals surface area contributed by atoms with E-state index in [1.807, 2.05) is 25.6 Å². The van der Waals surface area contributed by atoms with Crippen molar-refractivity contribution in [2.24, 2.45) is 13.0 Å². The Hall–Kier alpha value is -1.76. The number of aryl methyl sites for hydroxylation is 3. The molecule has 0 aromatic carbocycles. The molecule has 2 atom stereocenters. The zero-order valence-corrected chi connectivity index (χ0v) is 12.7. The van der Waals surface area contributed by atoms with Crippen LogP contribution in [0.5, 0.6) is 0 Å². The number of alkyl halides is 1. The quantitative estimate of drug-likeness (QED) is 0.923. The molecule has 2 aromatic rings. The number of halogens is 1. The van der Waals surface area contributed by atoms with Crippen LogP contribution in [-0.2, 0) is 13.6 Å². The highest BCUT2D eigenvalue weighted by atomic mass is 19.1. The van der Waals surface area contributed by atoms with Crippen molar-refractivity contribution in [3.8, 4) is 0 Å². The summed E-state index contributed by atoms with van der Waals surface area (Å²) in [5.74, 6) is 1.55. The molecule has 0 radical (unpaired) electrons. The van der Waals surface area contributed by atoms with Crippen molar-refractivity contribution in [3.63, 3.8) is 0 Å². The Morgan fingerprint density at radius 3 is 2.76 bits per heavy atom. The molecule has 0 amide bonds. The number of aromatic amines is 1. The minimum absolute atomic E-state index is 0.0328. The normalized spacial score (nSPS) is 23.0. The third kappa shape index (κ3) is 2.83. The van der Waals surface area contributed by atoms with Crippen LogP contribution in [0.4, 0.5) is 4.39 Å². The topological polar surface area (TPSA) is 62.6 Å². The van der Waals surface area contributed by atoms with Gasteiger partial charge in [0.2, 0.25) is 0 Å². The summed E-state index contributed by atoms with van der Waals surface area (Å²) in [6.07, 6.45) is 0. The number of nitrogens with zero attached hydrogens (tertiary/aromatic N) is 5. The van der Waals surface area contributed by atoms with E-state index in [1.54, 1.807) is 0 Å². The zero-order valence-electron chi connectivity index (χ0n) is 12.7. The fourth-order valence-electron chi connectivity index (χ4n) is 3.11. The molecule has 0 unspecified atom stereocenters. The highest BCUT2D eigenvalue weighted by Crippen LogP contribution is 2.32. The van der Waals surface area contributed by atoms with Gasteiger partial charge in [0.1, 0.15) is 5.82 Å². The van der Waals surface area contributed by atoms with Gasteiger partial charge in [-0.05, 0) is 19.9 Å². The van der Waals surface area contributed by atoms with E-state index in [9.17, 15) is 4.39 Å². The van der Waals surface area contributed by atoms with Crippen LogP contribution in [-0.4, -0.2) is 49.6 Å². The standard InChI is InChI=1S/C14H21FN6/c1-9-4-12(20(3)19-9)7-21-6-11(5-15)13(8-21)14-16-10(2)17-18-14/h4,11,13H,5-8H2,1-3H3,(H,16,17,18)/t11-,13-/m1/s1. The van der Waals surface area contributed by atoms with Crippen molar-refractivity contribution in [2.75, 3.05) is 19.8 Å². The van der Waals surface area contributed by atoms with E-state index in [0.29, 0.717) is 0 Å². The first-order chi connectivity index (χ1) is 10.1. The van der Waals surface area contributed by atoms with Crippen LogP contribution in [0.15, 0.2) is 6.07 Å². The maximum atomic E-state index is 13.3. The fourth-order valence-corrected chi connectivity index (χ4v) is 3.11. The summed E-state index contributed by atoms with van der Waals surface area (Å²) < 4.78 is 15.2. The number of nitrogens with one attached hydrogen (secondary N) is 1. The lowest BCUT2D eigenvalue weighted by Crippen LogP contribution is -2.22. The molecule has 7 heteroatoms. The minimum Gasteiger partial charge on any atom is -0.296 e. The second-order valence-electron chi connectivity index (χ2n) is 5.89. The molecule has 0 spiro atoms. The summed E-state index contributed by atoms with van der Waals surface area (Å²) in [6, 6.07) is 2.08. The molecular weight excluding hydrogens is 271 g/mol. The highest BCUT2D eigenvalue weighted by molar-refractivity contribution is 5.11. The molecule has 1 aliphatic heterocycles. The van der Waals surface area contributed by atoms with E-state index < -0.39 is 0 Å². The molecule has 3 heterocycles. The number of hydrogen-bond donors (Lipinski definition) is 1. The molecular formula is C14H21FN6. The lowest BCUT2D eigenvalue weighted by molar-refractivity contribution is 0.289. The number of H-pyrrole nitrogens is 1. The molecule has 6 nitrogen and oxygen atoms in total. The van der Waals surface area contributed by atoms with Crippen molar-refractivity contribution >= 4 is 0 Å². The Bertz CT molecular complexity index is 619. The van der Waals surface area contributed by atoms with Crippen LogP contribution in [0.25, 0.3) is 0 Å². The molecule has 0 saturated carbocycles. The van der Waals surface area contributed by atoms with Gasteiger partial charge in [-0.25, -0.2) is 4.98 Å². The van der Waals surface area contributed by atoms with Gasteiger partial charge in [0.25, 0.3) is 0 Å². The van der Waals surface area contributed by atoms with Crippen LogP contribution in [0, 0.1) is 19.8 Å². The van der Waals surface area contributed by atoms with Crippen LogP contribution < -0.4 is 0 Å². The monoisotopic (exact) mass is 292 g/mol. The van der Waals surface area contributed by atoms with Gasteiger partial charge < -0.3 is 0 Å². The van der Waals surface area contributed by atoms with E-state index >= 15 is 0 Å². The molecule has 1 aliphatic rings. The average Bonchev–Trinajstić information content (AvgIpc) is 3.10. The molecule has 1 saturated heterocycles. The van der Waals surface area contributed by atoms with Crippen LogP contribution in [0.2, 0.25) is 0 Å². The van der Waals surface area contributed by atoms with E-state index in [-0.39, 0.29) is 18.5 Å². The molecule has 114 valence electrons. The largest absolute Gasteiger partial charge is 0.296 e. The first kappa shape index (κ1) is 14.2. The fraction of sp³-hybridized carbons (Fsp3) is 0.643. The number of aromatic nitrogens is 5. The summed E-state index contributed by atoms with van der Waals surface area (Å²) in [7, 11) is 1.95. The minimum atomic E-state index is -0.334. The van der Waals surface area contributed by atoms with Crippen LogP contribution >= 0.6 is 0 Å². The third-order valence-corrected chi connectivity index (χ3v) is 4.15. The number of rotatable bonds is 4. The lowest BCUT2D eigenvalue weighted by Gasteiger charge is -2.15. The van der Waals surface area contributed by atoms with Crippen molar-refractivity contribution in [1.82, 2.24) is 29.9 Å². The second kappa shape index (κ2) is 5.55. The van der Waals surface area contributed by atoms with Gasteiger partial charge in [0.15, 0.2) is 5.82 Å². The highest BCUT2D eigenvalue weighted by Gasteiger charge is 2.36. The van der Waals surface area contributed by atoms with Gasteiger partial charge >= 0.3 is 0 Å². The van der Waals surface area contributed by atoms with Crippen LogP contribution in [0.3, 0.4) is 0 Å². The van der Waals surface area contributed by atoms with E-state index in [2.05, 4.69) is 31.2 Å². The van der Waals surface area contributed by atoms with Gasteiger partial charge in [-0.2, -0.15) is 10.2 Å². The molecule has 2 aromatic heterocycles. The Kier molecular flexibility index (Phi) is 3.75. The molecule has 3 rings (SSSR count). The average molecular weight is 292 g/mol. The van der Waals surface area contributed by atoms with E-state index in [4.69, 9.17) is 0 Å². The Morgan fingerprint density at radius 2 is 2.19 bits per heavy atom. The third-order valence-electron chi connectivity index (χ3n) is 4.15. The summed E-state index contributed by atoms with van der Waals surface area (Å²) >= 11 is 0. The first-order valence-electron chi connectivity index (χ1n) is 7.23. The first-order valence-corrected chi connectivity index (χ1v) is 7.23. The Labute approximate surface area is 123 Å². The summed E-state index contributed by atoms with van der Waals surface area (Å²) in [5.41, 5.74) is 2.16. The van der Waals surface area contributed by atoms with Crippen molar-refractivity contribution in [1.29, 1.82) is 0 Å². The number of likely N-dealkylation sites (tertiary alicyclic amines) is 1. The summed E-state index contributed by atoms with van der Waals surface area (Å²) in [4.78, 5) is 6.64. The zero-order chi connectivity index (χ0) is 15.0.